The molecule has 0 N–H and O–H groups in total. The number of anilines is 3. The van der Waals surface area contributed by atoms with Gasteiger partial charge in [0.05, 0.1) is 11.0 Å². The molecule has 53 heavy (non-hydrogen) atoms. The summed E-state index contributed by atoms with van der Waals surface area (Å²) in [6, 6.07) is 69.9. The van der Waals surface area contributed by atoms with Gasteiger partial charge in [0.25, 0.3) is 0 Å². The summed E-state index contributed by atoms with van der Waals surface area (Å²) in [6.45, 7) is 0. The third kappa shape index (κ3) is 4.82. The van der Waals surface area contributed by atoms with Crippen molar-refractivity contribution in [1.29, 1.82) is 0 Å². The van der Waals surface area contributed by atoms with Crippen LogP contribution in [0.1, 0.15) is 0 Å². The van der Waals surface area contributed by atoms with Gasteiger partial charge in [0.15, 0.2) is 0 Å². The maximum atomic E-state index is 6.32. The molecule has 0 atom stereocenters. The molecule has 0 saturated heterocycles. The van der Waals surface area contributed by atoms with E-state index in [1.807, 2.05) is 12.1 Å². The molecule has 0 spiro atoms. The van der Waals surface area contributed by atoms with E-state index in [2.05, 4.69) is 191 Å². The highest BCUT2D eigenvalue weighted by Crippen LogP contribution is 2.42. The topological polar surface area (TPSA) is 21.3 Å². The van der Waals surface area contributed by atoms with Crippen molar-refractivity contribution in [3.05, 3.63) is 194 Å². The fraction of sp³-hybridized carbons (Fsp3) is 0. The SMILES string of the molecule is c1ccc(-c2ccc(N(c3ccc4cc5c(cc4c3)oc3ccccc35)c3ccc4c(c3)c3ccccc3n4-c3ccc4ccccc4c3)cc2)cc1. The van der Waals surface area contributed by atoms with Gasteiger partial charge >= 0.3 is 0 Å². The Morgan fingerprint density at radius 3 is 1.87 bits per heavy atom. The van der Waals surface area contributed by atoms with Crippen LogP contribution in [0.3, 0.4) is 0 Å². The number of furan rings is 1. The minimum Gasteiger partial charge on any atom is -0.456 e. The molecule has 0 radical (unpaired) electrons. The molecule has 0 aliphatic rings. The van der Waals surface area contributed by atoms with E-state index in [0.717, 1.165) is 50.1 Å². The molecule has 3 nitrogen and oxygen atoms in total. The predicted molar refractivity (Wildman–Crippen MR) is 223 cm³/mol. The van der Waals surface area contributed by atoms with Crippen molar-refractivity contribution in [2.45, 2.75) is 0 Å². The van der Waals surface area contributed by atoms with E-state index < -0.39 is 0 Å². The number of nitrogens with zero attached hydrogens (tertiary/aromatic N) is 2. The number of fused-ring (bicyclic) bond motifs is 8. The number of para-hydroxylation sites is 2. The van der Waals surface area contributed by atoms with E-state index in [1.54, 1.807) is 0 Å². The first-order valence-electron chi connectivity index (χ1n) is 18.1. The van der Waals surface area contributed by atoms with Gasteiger partial charge in [-0.2, -0.15) is 0 Å². The van der Waals surface area contributed by atoms with Crippen molar-refractivity contribution in [3.8, 4) is 16.8 Å². The van der Waals surface area contributed by atoms with Crippen molar-refractivity contribution >= 4 is 82.4 Å². The Balaban J connectivity index is 1.11. The van der Waals surface area contributed by atoms with Crippen LogP contribution in [-0.4, -0.2) is 4.57 Å². The Kier molecular flexibility index (Phi) is 6.55. The van der Waals surface area contributed by atoms with Gasteiger partial charge in [-0.25, -0.2) is 0 Å². The molecule has 0 bridgehead atoms. The summed E-state index contributed by atoms with van der Waals surface area (Å²) in [7, 11) is 0. The third-order valence-electron chi connectivity index (χ3n) is 10.7. The lowest BCUT2D eigenvalue weighted by Crippen LogP contribution is -2.10. The van der Waals surface area contributed by atoms with Crippen LogP contribution in [0.25, 0.3) is 82.1 Å². The van der Waals surface area contributed by atoms with Gasteiger partial charge in [-0.05, 0) is 112 Å². The van der Waals surface area contributed by atoms with E-state index in [1.165, 1.54) is 49.1 Å². The molecule has 11 aromatic rings. The highest BCUT2D eigenvalue weighted by molar-refractivity contribution is 6.12. The quantitative estimate of drug-likeness (QED) is 0.181. The van der Waals surface area contributed by atoms with Crippen molar-refractivity contribution in [1.82, 2.24) is 4.57 Å². The predicted octanol–water partition coefficient (Wildman–Crippen LogP) is 14.1. The fourth-order valence-electron chi connectivity index (χ4n) is 8.17. The van der Waals surface area contributed by atoms with E-state index in [4.69, 9.17) is 4.42 Å². The van der Waals surface area contributed by atoms with Gasteiger partial charge in [-0.15, -0.1) is 0 Å². The summed E-state index contributed by atoms with van der Waals surface area (Å²) in [4.78, 5) is 2.37. The molecule has 0 fully saturated rings. The summed E-state index contributed by atoms with van der Waals surface area (Å²) in [5.74, 6) is 0. The van der Waals surface area contributed by atoms with Gasteiger partial charge in [0, 0.05) is 44.3 Å². The molecule has 9 aromatic carbocycles. The van der Waals surface area contributed by atoms with E-state index >= 15 is 0 Å². The van der Waals surface area contributed by atoms with Crippen molar-refractivity contribution in [2.75, 3.05) is 4.90 Å². The second-order valence-corrected chi connectivity index (χ2v) is 13.8. The monoisotopic (exact) mass is 676 g/mol. The van der Waals surface area contributed by atoms with Gasteiger partial charge in [0.1, 0.15) is 11.2 Å². The first-order chi connectivity index (χ1) is 26.2. The fourth-order valence-corrected chi connectivity index (χ4v) is 8.17. The van der Waals surface area contributed by atoms with Crippen molar-refractivity contribution in [2.24, 2.45) is 0 Å². The van der Waals surface area contributed by atoms with Gasteiger partial charge < -0.3 is 13.9 Å². The maximum absolute atomic E-state index is 6.32. The normalized spacial score (nSPS) is 11.8. The van der Waals surface area contributed by atoms with E-state index in [9.17, 15) is 0 Å². The molecule has 0 aliphatic carbocycles. The maximum Gasteiger partial charge on any atom is 0.136 e. The molecular weight excluding hydrogens is 645 g/mol. The molecule has 2 aromatic heterocycles. The van der Waals surface area contributed by atoms with E-state index in [-0.39, 0.29) is 0 Å². The van der Waals surface area contributed by atoms with Crippen LogP contribution in [0.15, 0.2) is 199 Å². The second kappa shape index (κ2) is 11.7. The first kappa shape index (κ1) is 29.6. The highest BCUT2D eigenvalue weighted by Gasteiger charge is 2.19. The zero-order chi connectivity index (χ0) is 34.9. The Morgan fingerprint density at radius 1 is 0.340 bits per heavy atom. The highest BCUT2D eigenvalue weighted by atomic mass is 16.3. The number of aromatic nitrogens is 1. The molecule has 2 heterocycles. The van der Waals surface area contributed by atoms with Crippen LogP contribution in [0.2, 0.25) is 0 Å². The number of benzene rings is 9. The minimum atomic E-state index is 0.900. The number of rotatable bonds is 5. The lowest BCUT2D eigenvalue weighted by Gasteiger charge is -2.26. The van der Waals surface area contributed by atoms with Crippen LogP contribution in [0.5, 0.6) is 0 Å². The van der Waals surface area contributed by atoms with Crippen molar-refractivity contribution < 1.29 is 4.42 Å². The largest absolute Gasteiger partial charge is 0.456 e. The average Bonchev–Trinajstić information content (AvgIpc) is 3.75. The molecule has 0 saturated carbocycles. The van der Waals surface area contributed by atoms with Gasteiger partial charge in [-0.1, -0.05) is 115 Å². The van der Waals surface area contributed by atoms with Crippen LogP contribution < -0.4 is 4.90 Å². The lowest BCUT2D eigenvalue weighted by molar-refractivity contribution is 0.669. The summed E-state index contributed by atoms with van der Waals surface area (Å²) in [5, 5.41) is 9.51. The molecule has 3 heteroatoms. The standard InChI is InChI=1S/C50H32N2O/c1-2-10-33(11-3-1)35-18-22-39(23-19-35)51(40-25-21-37-30-46-44-15-7-9-17-49(44)53-50(46)31-38(37)29-40)42-26-27-48-45(32-42)43-14-6-8-16-47(43)52(48)41-24-20-34-12-4-5-13-36(34)28-41/h1-32H. The summed E-state index contributed by atoms with van der Waals surface area (Å²) < 4.78 is 8.72. The molecule has 0 unspecified atom stereocenters. The lowest BCUT2D eigenvalue weighted by atomic mass is 10.0. The Bertz CT molecular complexity index is 3170. The first-order valence-corrected chi connectivity index (χ1v) is 18.1. The summed E-state index contributed by atoms with van der Waals surface area (Å²) in [5.41, 5.74) is 11.0. The van der Waals surface area contributed by atoms with Gasteiger partial charge in [0.2, 0.25) is 0 Å². The Labute approximate surface area is 306 Å². The number of hydrogen-bond donors (Lipinski definition) is 0. The molecule has 0 amide bonds. The van der Waals surface area contributed by atoms with Crippen LogP contribution in [-0.2, 0) is 0 Å². The van der Waals surface area contributed by atoms with Crippen molar-refractivity contribution in [3.63, 3.8) is 0 Å². The Morgan fingerprint density at radius 2 is 0.981 bits per heavy atom. The zero-order valence-corrected chi connectivity index (χ0v) is 28.8. The zero-order valence-electron chi connectivity index (χ0n) is 28.8. The van der Waals surface area contributed by atoms with E-state index in [0.29, 0.717) is 0 Å². The Hall–Kier alpha value is -7.10. The molecule has 0 aliphatic heterocycles. The average molecular weight is 677 g/mol. The third-order valence-corrected chi connectivity index (χ3v) is 10.7. The molecule has 11 rings (SSSR count). The van der Waals surface area contributed by atoms with Gasteiger partial charge in [-0.3, -0.25) is 0 Å². The molecule has 248 valence electrons. The summed E-state index contributed by atoms with van der Waals surface area (Å²) >= 11 is 0. The smallest absolute Gasteiger partial charge is 0.136 e. The number of hydrogen-bond acceptors (Lipinski definition) is 2. The second-order valence-electron chi connectivity index (χ2n) is 13.8. The molecular formula is C50H32N2O. The minimum absolute atomic E-state index is 0.900. The summed E-state index contributed by atoms with van der Waals surface area (Å²) in [6.07, 6.45) is 0. The van der Waals surface area contributed by atoms with Crippen LogP contribution in [0, 0.1) is 0 Å². The van der Waals surface area contributed by atoms with Crippen LogP contribution in [0.4, 0.5) is 17.1 Å². The van der Waals surface area contributed by atoms with Crippen LogP contribution >= 0.6 is 0 Å².